The summed E-state index contributed by atoms with van der Waals surface area (Å²) < 4.78 is 11.9. The highest BCUT2D eigenvalue weighted by molar-refractivity contribution is 6.03. The van der Waals surface area contributed by atoms with Gasteiger partial charge >= 0.3 is 0 Å². The van der Waals surface area contributed by atoms with Gasteiger partial charge in [-0.3, -0.25) is 4.79 Å². The fourth-order valence-corrected chi connectivity index (χ4v) is 5.36. The summed E-state index contributed by atoms with van der Waals surface area (Å²) in [7, 11) is 1.42. The second-order valence-electron chi connectivity index (χ2n) is 10.6. The maximum Gasteiger partial charge on any atom is 0.174 e. The lowest BCUT2D eigenvalue weighted by molar-refractivity contribution is 0.0841. The van der Waals surface area contributed by atoms with Crippen LogP contribution in [0.1, 0.15) is 63.9 Å². The summed E-state index contributed by atoms with van der Waals surface area (Å²) in [5, 5.41) is 51.2. The number of hydrogen-bond donors (Lipinski definition) is 5. The fourth-order valence-electron chi connectivity index (χ4n) is 5.36. The van der Waals surface area contributed by atoms with Crippen molar-refractivity contribution in [2.45, 2.75) is 43.8 Å². The Morgan fingerprint density at radius 1 is 0.907 bits per heavy atom. The van der Waals surface area contributed by atoms with E-state index in [1.54, 1.807) is 48.5 Å². The lowest BCUT2D eigenvalue weighted by atomic mass is 9.85. The zero-order valence-corrected chi connectivity index (χ0v) is 23.7. The molecule has 43 heavy (non-hydrogen) atoms. The predicted octanol–water partition coefficient (Wildman–Crippen LogP) is 6.30. The Hall–Kier alpha value is -4.95. The van der Waals surface area contributed by atoms with E-state index in [0.29, 0.717) is 30.4 Å². The van der Waals surface area contributed by atoms with Gasteiger partial charge in [0.25, 0.3) is 0 Å². The Bertz CT molecular complexity index is 1590. The zero-order valence-electron chi connectivity index (χ0n) is 23.7. The summed E-state index contributed by atoms with van der Waals surface area (Å²) in [4.78, 5) is 13.5. The maximum absolute atomic E-state index is 13.5. The van der Waals surface area contributed by atoms with Gasteiger partial charge in [0.05, 0.1) is 19.6 Å². The molecule has 0 fully saturated rings. The number of phenols is 4. The minimum absolute atomic E-state index is 0.0469. The van der Waals surface area contributed by atoms with Crippen LogP contribution in [0.5, 0.6) is 34.5 Å². The van der Waals surface area contributed by atoms with Crippen LogP contribution in [0.4, 0.5) is 0 Å². The van der Waals surface area contributed by atoms with Crippen LogP contribution in [0.15, 0.2) is 91.0 Å². The predicted molar refractivity (Wildman–Crippen MR) is 161 cm³/mol. The van der Waals surface area contributed by atoms with E-state index in [-0.39, 0.29) is 52.3 Å². The average molecular weight is 583 g/mol. The molecule has 0 aliphatic carbocycles. The molecule has 1 aliphatic rings. The van der Waals surface area contributed by atoms with Crippen molar-refractivity contribution in [2.24, 2.45) is 0 Å². The number of hydrogen-bond acceptors (Lipinski definition) is 8. The molecule has 8 nitrogen and oxygen atoms in total. The van der Waals surface area contributed by atoms with E-state index >= 15 is 0 Å². The van der Waals surface area contributed by atoms with Crippen LogP contribution in [0.3, 0.4) is 0 Å². The number of aromatic hydroxyl groups is 4. The molecule has 4 aromatic rings. The highest BCUT2D eigenvalue weighted by Gasteiger charge is 2.36. The zero-order chi connectivity index (χ0) is 30.5. The van der Waals surface area contributed by atoms with Gasteiger partial charge in [-0.1, -0.05) is 48.6 Å². The van der Waals surface area contributed by atoms with Gasteiger partial charge in [-0.15, -0.1) is 0 Å². The van der Waals surface area contributed by atoms with E-state index in [2.05, 4.69) is 0 Å². The number of ketones is 1. The number of allylic oxidation sites excluding steroid dienone is 1. The van der Waals surface area contributed by atoms with E-state index < -0.39 is 18.1 Å². The fraction of sp³-hybridized carbons (Fsp3) is 0.229. The van der Waals surface area contributed by atoms with Gasteiger partial charge in [0.15, 0.2) is 5.78 Å². The number of methoxy groups -OCH3 is 1. The topological polar surface area (TPSA) is 137 Å². The quantitative estimate of drug-likeness (QED) is 0.138. The summed E-state index contributed by atoms with van der Waals surface area (Å²) in [6.07, 6.45) is 3.91. The highest BCUT2D eigenvalue weighted by Crippen LogP contribution is 2.50. The molecule has 5 rings (SSSR count). The van der Waals surface area contributed by atoms with Crippen molar-refractivity contribution in [3.8, 4) is 34.5 Å². The smallest absolute Gasteiger partial charge is 0.174 e. The first-order valence-corrected chi connectivity index (χ1v) is 14.1. The van der Waals surface area contributed by atoms with Gasteiger partial charge in [-0.25, -0.2) is 0 Å². The van der Waals surface area contributed by atoms with Crippen molar-refractivity contribution in [1.29, 1.82) is 0 Å². The Labute approximate surface area is 249 Å². The molecule has 1 unspecified atom stereocenters. The maximum atomic E-state index is 13.5. The molecule has 1 heterocycles. The standard InChI is InChI=1S/C35H34O8/c1-42-32-20-29(40)33(35-34(32)30(41)19-31(43-35)23-10-17-27(39)18-11-23)28(22-8-15-26(38)16-9-22)4-2-3-24(36)12-5-21-6-13-25(37)14-7-21/h2,4,6-11,13-18,20,24,28,31,36-40H,3,5,12,19H2,1H3/b4-2+/t24-,28+,31?/m1/s1. The molecular formula is C35H34O8. The van der Waals surface area contributed by atoms with Gasteiger partial charge < -0.3 is 35.0 Å². The highest BCUT2D eigenvalue weighted by atomic mass is 16.5. The average Bonchev–Trinajstić information content (AvgIpc) is 3.00. The summed E-state index contributed by atoms with van der Waals surface area (Å²) in [5.41, 5.74) is 3.00. The normalized spacial score (nSPS) is 16.0. The van der Waals surface area contributed by atoms with E-state index in [1.165, 1.54) is 25.3 Å². The minimum atomic E-state index is -0.656. The summed E-state index contributed by atoms with van der Waals surface area (Å²) in [6.45, 7) is 0. The van der Waals surface area contributed by atoms with E-state index in [4.69, 9.17) is 9.47 Å². The second kappa shape index (κ2) is 12.9. The van der Waals surface area contributed by atoms with E-state index in [0.717, 1.165) is 11.1 Å². The van der Waals surface area contributed by atoms with Crippen LogP contribution in [0.2, 0.25) is 0 Å². The number of aliphatic hydroxyl groups is 1. The molecular weight excluding hydrogens is 548 g/mol. The third kappa shape index (κ3) is 6.76. The monoisotopic (exact) mass is 582 g/mol. The Balaban J connectivity index is 1.49. The number of carbonyl (C=O) groups excluding carboxylic acids is 1. The van der Waals surface area contributed by atoms with Crippen molar-refractivity contribution >= 4 is 5.78 Å². The molecule has 0 aromatic heterocycles. The first-order valence-electron chi connectivity index (χ1n) is 14.1. The van der Waals surface area contributed by atoms with Gasteiger partial charge in [-0.2, -0.15) is 0 Å². The van der Waals surface area contributed by atoms with Crippen LogP contribution < -0.4 is 9.47 Å². The SMILES string of the molecule is COc1cc(O)c([C@@H](/C=C/C[C@@H](O)CCc2ccc(O)cc2)c2ccc(O)cc2)c2c1C(=O)CC(c1ccc(O)cc1)O2. The van der Waals surface area contributed by atoms with Gasteiger partial charge in [0.2, 0.25) is 0 Å². The van der Waals surface area contributed by atoms with Gasteiger partial charge in [0, 0.05) is 17.5 Å². The van der Waals surface area contributed by atoms with Crippen molar-refractivity contribution in [1.82, 2.24) is 0 Å². The molecule has 0 bridgehead atoms. The molecule has 0 saturated heterocycles. The molecule has 5 N–H and O–H groups in total. The first-order chi connectivity index (χ1) is 20.7. The van der Waals surface area contributed by atoms with Crippen LogP contribution in [0, 0.1) is 0 Å². The van der Waals surface area contributed by atoms with Crippen molar-refractivity contribution in [3.05, 3.63) is 119 Å². The Kier molecular flexibility index (Phi) is 8.87. The lowest BCUT2D eigenvalue weighted by Crippen LogP contribution is -2.23. The Morgan fingerprint density at radius 3 is 2.14 bits per heavy atom. The molecule has 0 spiro atoms. The van der Waals surface area contributed by atoms with Crippen LogP contribution in [-0.2, 0) is 6.42 Å². The largest absolute Gasteiger partial charge is 0.508 e. The molecule has 222 valence electrons. The number of phenolic OH excluding ortho intramolecular Hbond substituents is 4. The third-order valence-corrected chi connectivity index (χ3v) is 7.66. The molecule has 0 amide bonds. The molecule has 0 radical (unpaired) electrons. The number of ether oxygens (including phenoxy) is 2. The van der Waals surface area contributed by atoms with Crippen LogP contribution in [-0.4, -0.2) is 44.5 Å². The number of aliphatic hydroxyl groups excluding tert-OH is 1. The van der Waals surface area contributed by atoms with E-state index in [1.807, 2.05) is 24.3 Å². The molecule has 1 aliphatic heterocycles. The third-order valence-electron chi connectivity index (χ3n) is 7.66. The first kappa shape index (κ1) is 29.5. The van der Waals surface area contributed by atoms with Gasteiger partial charge in [-0.05, 0) is 72.4 Å². The summed E-state index contributed by atoms with van der Waals surface area (Å²) >= 11 is 0. The Morgan fingerprint density at radius 2 is 1.51 bits per heavy atom. The second-order valence-corrected chi connectivity index (χ2v) is 10.6. The molecule has 0 saturated carbocycles. The van der Waals surface area contributed by atoms with Crippen LogP contribution in [0.25, 0.3) is 0 Å². The number of Topliss-reactive ketones (excluding diaryl/α,β-unsaturated/α-hetero) is 1. The van der Waals surface area contributed by atoms with Crippen molar-refractivity contribution < 1.29 is 39.8 Å². The van der Waals surface area contributed by atoms with Crippen LogP contribution >= 0.6 is 0 Å². The summed E-state index contributed by atoms with van der Waals surface area (Å²) in [5.74, 6) is -0.191. The van der Waals surface area contributed by atoms with Crippen molar-refractivity contribution in [3.63, 3.8) is 0 Å². The number of rotatable bonds is 10. The number of fused-ring (bicyclic) bond motifs is 1. The molecule has 8 heteroatoms. The number of carbonyl (C=O) groups is 1. The van der Waals surface area contributed by atoms with E-state index in [9.17, 15) is 30.3 Å². The minimum Gasteiger partial charge on any atom is -0.508 e. The number of aryl methyl sites for hydroxylation is 1. The summed E-state index contributed by atoms with van der Waals surface area (Å²) in [6, 6.07) is 21.2. The number of benzene rings is 4. The molecule has 4 aromatic carbocycles. The molecule has 3 atom stereocenters. The van der Waals surface area contributed by atoms with Crippen molar-refractivity contribution in [2.75, 3.05) is 7.11 Å². The van der Waals surface area contributed by atoms with Gasteiger partial charge in [0.1, 0.15) is 46.2 Å². The lowest BCUT2D eigenvalue weighted by Gasteiger charge is -2.31.